The number of morpholine rings is 1. The van der Waals surface area contributed by atoms with Crippen molar-refractivity contribution in [2.24, 2.45) is 0 Å². The Hall–Kier alpha value is -1.95. The summed E-state index contributed by atoms with van der Waals surface area (Å²) < 4.78 is 11.3. The summed E-state index contributed by atoms with van der Waals surface area (Å²) in [4.78, 5) is 14.2. The van der Waals surface area contributed by atoms with E-state index in [0.717, 1.165) is 5.56 Å². The number of rotatable bonds is 0. The van der Waals surface area contributed by atoms with Crippen molar-refractivity contribution in [2.45, 2.75) is 51.4 Å². The minimum atomic E-state index is -0.540. The number of carbonyl (C=O) groups excluding carboxylic acids is 1. The van der Waals surface area contributed by atoms with E-state index in [1.54, 1.807) is 11.0 Å². The number of benzene rings is 1. The molecular formula is C17H23NO5. The highest BCUT2D eigenvalue weighted by atomic mass is 16.6. The Bertz CT molecular complexity index is 622. The van der Waals surface area contributed by atoms with Gasteiger partial charge in [0.15, 0.2) is 11.5 Å². The molecule has 1 fully saturated rings. The van der Waals surface area contributed by atoms with E-state index in [1.807, 2.05) is 20.8 Å². The molecule has 1 unspecified atom stereocenters. The van der Waals surface area contributed by atoms with E-state index < -0.39 is 5.60 Å². The molecule has 0 spiro atoms. The molecule has 1 aromatic carbocycles. The van der Waals surface area contributed by atoms with E-state index in [1.165, 1.54) is 6.07 Å². The van der Waals surface area contributed by atoms with Gasteiger partial charge in [0.25, 0.3) is 0 Å². The van der Waals surface area contributed by atoms with Crippen LogP contribution in [0.2, 0.25) is 0 Å². The van der Waals surface area contributed by atoms with E-state index in [9.17, 15) is 15.0 Å². The monoisotopic (exact) mass is 321 g/mol. The third kappa shape index (κ3) is 3.08. The van der Waals surface area contributed by atoms with E-state index in [-0.39, 0.29) is 29.7 Å². The van der Waals surface area contributed by atoms with Crippen LogP contribution in [0.1, 0.15) is 31.9 Å². The molecule has 126 valence electrons. The molecule has 1 amide bonds. The Labute approximate surface area is 135 Å². The molecule has 1 aromatic rings. The first kappa shape index (κ1) is 15.9. The zero-order chi connectivity index (χ0) is 16.8. The van der Waals surface area contributed by atoms with Gasteiger partial charge in [0, 0.05) is 18.5 Å². The standard InChI is InChI=1S/C17H23NO5/c1-17(2,3)23-16(21)18-6-7-22-14-9-11-10(8-12(14)18)4-5-13(19)15(11)20/h4-5,12,14,19-20H,6-9H2,1-3H3/t12?,14-/m1/s1. The highest BCUT2D eigenvalue weighted by molar-refractivity contribution is 5.69. The third-order valence-corrected chi connectivity index (χ3v) is 4.31. The van der Waals surface area contributed by atoms with Crippen LogP contribution in [-0.2, 0) is 22.3 Å². The fourth-order valence-corrected chi connectivity index (χ4v) is 3.28. The van der Waals surface area contributed by atoms with E-state index in [2.05, 4.69) is 0 Å². The van der Waals surface area contributed by atoms with Crippen LogP contribution in [0.3, 0.4) is 0 Å². The number of phenolic OH excluding ortho intramolecular Hbond substituents is 2. The van der Waals surface area contributed by atoms with Gasteiger partial charge in [-0.1, -0.05) is 6.07 Å². The second-order valence-corrected chi connectivity index (χ2v) is 7.13. The molecule has 0 saturated carbocycles. The molecule has 2 aliphatic rings. The Morgan fingerprint density at radius 2 is 2.04 bits per heavy atom. The normalized spacial score (nSPS) is 23.9. The number of fused-ring (bicyclic) bond motifs is 2. The van der Waals surface area contributed by atoms with Gasteiger partial charge in [-0.2, -0.15) is 0 Å². The van der Waals surface area contributed by atoms with E-state index in [4.69, 9.17) is 9.47 Å². The van der Waals surface area contributed by atoms with Crippen LogP contribution in [0.15, 0.2) is 12.1 Å². The van der Waals surface area contributed by atoms with Crippen molar-refractivity contribution < 1.29 is 24.5 Å². The summed E-state index contributed by atoms with van der Waals surface area (Å²) in [5.74, 6) is -0.207. The molecule has 0 radical (unpaired) electrons. The zero-order valence-corrected chi connectivity index (χ0v) is 13.7. The number of phenols is 2. The van der Waals surface area contributed by atoms with Crippen LogP contribution >= 0.6 is 0 Å². The lowest BCUT2D eigenvalue weighted by Crippen LogP contribution is -2.57. The van der Waals surface area contributed by atoms with Crippen LogP contribution in [0, 0.1) is 0 Å². The average Bonchev–Trinajstić information content (AvgIpc) is 2.47. The number of aromatic hydroxyl groups is 2. The molecule has 23 heavy (non-hydrogen) atoms. The van der Waals surface area contributed by atoms with Crippen molar-refractivity contribution in [2.75, 3.05) is 13.2 Å². The minimum absolute atomic E-state index is 0.0843. The lowest BCUT2D eigenvalue weighted by atomic mass is 9.84. The zero-order valence-electron chi connectivity index (χ0n) is 13.7. The molecular weight excluding hydrogens is 298 g/mol. The second-order valence-electron chi connectivity index (χ2n) is 7.13. The van der Waals surface area contributed by atoms with Gasteiger partial charge < -0.3 is 19.7 Å². The van der Waals surface area contributed by atoms with Crippen LogP contribution in [-0.4, -0.2) is 52.1 Å². The molecule has 1 saturated heterocycles. The van der Waals surface area contributed by atoms with Crippen molar-refractivity contribution in [1.29, 1.82) is 0 Å². The van der Waals surface area contributed by atoms with Gasteiger partial charge in [-0.3, -0.25) is 4.90 Å². The molecule has 0 bridgehead atoms. The number of amides is 1. The SMILES string of the molecule is CC(C)(C)OC(=O)N1CCO[C@@H]2Cc3c(ccc(O)c3O)CC21. The Kier molecular flexibility index (Phi) is 3.88. The summed E-state index contributed by atoms with van der Waals surface area (Å²) in [6.07, 6.45) is 0.519. The van der Waals surface area contributed by atoms with Crippen LogP contribution < -0.4 is 0 Å². The summed E-state index contributed by atoms with van der Waals surface area (Å²) in [7, 11) is 0. The predicted octanol–water partition coefficient (Wildman–Crippen LogP) is 2.20. The van der Waals surface area contributed by atoms with Gasteiger partial charge in [0.2, 0.25) is 0 Å². The number of hydrogen-bond acceptors (Lipinski definition) is 5. The van der Waals surface area contributed by atoms with Crippen LogP contribution in [0.25, 0.3) is 0 Å². The first-order valence-corrected chi connectivity index (χ1v) is 7.90. The lowest BCUT2D eigenvalue weighted by Gasteiger charge is -2.44. The van der Waals surface area contributed by atoms with Gasteiger partial charge in [-0.25, -0.2) is 4.79 Å². The first-order valence-electron chi connectivity index (χ1n) is 7.90. The van der Waals surface area contributed by atoms with Crippen molar-refractivity contribution in [1.82, 2.24) is 4.90 Å². The highest BCUT2D eigenvalue weighted by Gasteiger charge is 2.41. The number of ether oxygens (including phenoxy) is 2. The maximum Gasteiger partial charge on any atom is 0.410 e. The number of hydrogen-bond donors (Lipinski definition) is 2. The summed E-state index contributed by atoms with van der Waals surface area (Å²) in [5, 5.41) is 19.7. The maximum absolute atomic E-state index is 12.5. The molecule has 1 aliphatic carbocycles. The summed E-state index contributed by atoms with van der Waals surface area (Å²) in [5.41, 5.74) is 1.10. The fourth-order valence-electron chi connectivity index (χ4n) is 3.28. The van der Waals surface area contributed by atoms with Crippen LogP contribution in [0.5, 0.6) is 11.5 Å². The molecule has 0 aromatic heterocycles. The molecule has 1 aliphatic heterocycles. The topological polar surface area (TPSA) is 79.2 Å². The molecule has 6 nitrogen and oxygen atoms in total. The molecule has 6 heteroatoms. The Balaban J connectivity index is 1.85. The van der Waals surface area contributed by atoms with Crippen molar-refractivity contribution in [3.05, 3.63) is 23.3 Å². The minimum Gasteiger partial charge on any atom is -0.504 e. The quantitative estimate of drug-likeness (QED) is 0.716. The third-order valence-electron chi connectivity index (χ3n) is 4.31. The fraction of sp³-hybridized carbons (Fsp3) is 0.588. The van der Waals surface area contributed by atoms with Crippen molar-refractivity contribution >= 4 is 6.09 Å². The summed E-state index contributed by atoms with van der Waals surface area (Å²) >= 11 is 0. The second kappa shape index (κ2) is 5.60. The molecule has 1 heterocycles. The molecule has 2 N–H and O–H groups in total. The van der Waals surface area contributed by atoms with Gasteiger partial charge in [0.1, 0.15) is 5.60 Å². The summed E-state index contributed by atoms with van der Waals surface area (Å²) in [6.45, 7) is 6.48. The van der Waals surface area contributed by atoms with Gasteiger partial charge in [0.05, 0.1) is 18.8 Å². The lowest BCUT2D eigenvalue weighted by molar-refractivity contribution is -0.0783. The van der Waals surface area contributed by atoms with Crippen molar-refractivity contribution in [3.8, 4) is 11.5 Å². The van der Waals surface area contributed by atoms with Crippen LogP contribution in [0.4, 0.5) is 4.79 Å². The van der Waals surface area contributed by atoms with Gasteiger partial charge >= 0.3 is 6.09 Å². The average molecular weight is 321 g/mol. The van der Waals surface area contributed by atoms with E-state index >= 15 is 0 Å². The Morgan fingerprint density at radius 1 is 1.30 bits per heavy atom. The predicted molar refractivity (Wildman–Crippen MR) is 83.6 cm³/mol. The number of carbonyl (C=O) groups is 1. The summed E-state index contributed by atoms with van der Waals surface area (Å²) in [6, 6.07) is 3.16. The Morgan fingerprint density at radius 3 is 2.74 bits per heavy atom. The largest absolute Gasteiger partial charge is 0.504 e. The number of nitrogens with zero attached hydrogens (tertiary/aromatic N) is 1. The molecule has 3 rings (SSSR count). The molecule has 2 atom stereocenters. The smallest absolute Gasteiger partial charge is 0.410 e. The van der Waals surface area contributed by atoms with Gasteiger partial charge in [-0.15, -0.1) is 0 Å². The van der Waals surface area contributed by atoms with E-state index in [0.29, 0.717) is 31.6 Å². The van der Waals surface area contributed by atoms with Crippen molar-refractivity contribution in [3.63, 3.8) is 0 Å². The van der Waals surface area contributed by atoms with Gasteiger partial charge in [-0.05, 0) is 38.8 Å². The highest BCUT2D eigenvalue weighted by Crippen LogP contribution is 2.38. The first-order chi connectivity index (χ1) is 10.8. The maximum atomic E-state index is 12.5.